The summed E-state index contributed by atoms with van der Waals surface area (Å²) in [6.45, 7) is 2.41. The number of sulfonamides is 1. The molecule has 0 aliphatic carbocycles. The molecule has 0 aliphatic rings. The lowest BCUT2D eigenvalue weighted by atomic mass is 10.2. The molecule has 0 saturated heterocycles. The maximum absolute atomic E-state index is 12.1. The topological polar surface area (TPSA) is 55.4 Å². The number of nitrogens with one attached hydrogen (secondary N) is 1. The highest BCUT2D eigenvalue weighted by molar-refractivity contribution is 7.94. The van der Waals surface area contributed by atoms with Crippen molar-refractivity contribution in [3.63, 3.8) is 0 Å². The zero-order valence-electron chi connectivity index (χ0n) is 10.8. The molecule has 1 N–H and O–H groups in total. The van der Waals surface area contributed by atoms with Gasteiger partial charge in [-0.15, -0.1) is 22.9 Å². The van der Waals surface area contributed by atoms with E-state index in [1.165, 1.54) is 11.3 Å². The van der Waals surface area contributed by atoms with Crippen LogP contribution in [0.4, 0.5) is 5.69 Å². The first kappa shape index (κ1) is 15.2. The number of alkyl halides is 1. The van der Waals surface area contributed by atoms with E-state index in [-0.39, 0.29) is 10.1 Å². The van der Waals surface area contributed by atoms with Crippen molar-refractivity contribution >= 4 is 38.6 Å². The summed E-state index contributed by atoms with van der Waals surface area (Å²) in [7, 11) is -3.54. The van der Waals surface area contributed by atoms with Gasteiger partial charge in [-0.1, -0.05) is 6.07 Å². The van der Waals surface area contributed by atoms with Crippen LogP contribution in [0.2, 0.25) is 0 Å². The summed E-state index contributed by atoms with van der Waals surface area (Å²) in [5.41, 5.74) is 1.22. The zero-order chi connectivity index (χ0) is 14.6. The van der Waals surface area contributed by atoms with Crippen LogP contribution in [-0.4, -0.2) is 15.0 Å². The van der Waals surface area contributed by atoms with Gasteiger partial charge in [-0.25, -0.2) is 8.42 Å². The SMILES string of the molecule is CCOc1ccc(NS(=O)(=O)c2cccs2)cc1CCl. The molecular formula is C13H14ClNO3S2. The van der Waals surface area contributed by atoms with Gasteiger partial charge in [0.25, 0.3) is 10.0 Å². The quantitative estimate of drug-likeness (QED) is 0.821. The van der Waals surface area contributed by atoms with Crippen molar-refractivity contribution < 1.29 is 13.2 Å². The van der Waals surface area contributed by atoms with Crippen LogP contribution in [0.5, 0.6) is 5.75 Å². The molecule has 1 aromatic carbocycles. The van der Waals surface area contributed by atoms with Gasteiger partial charge >= 0.3 is 0 Å². The molecule has 2 rings (SSSR count). The highest BCUT2D eigenvalue weighted by Gasteiger charge is 2.16. The minimum atomic E-state index is -3.54. The lowest BCUT2D eigenvalue weighted by Crippen LogP contribution is -2.11. The minimum absolute atomic E-state index is 0.254. The van der Waals surface area contributed by atoms with Gasteiger partial charge < -0.3 is 4.74 Å². The first-order chi connectivity index (χ1) is 9.56. The average Bonchev–Trinajstić information content (AvgIpc) is 2.95. The largest absolute Gasteiger partial charge is 0.494 e. The molecule has 4 nitrogen and oxygen atoms in total. The minimum Gasteiger partial charge on any atom is -0.494 e. The maximum atomic E-state index is 12.1. The highest BCUT2D eigenvalue weighted by atomic mass is 35.5. The van der Waals surface area contributed by atoms with Crippen LogP contribution < -0.4 is 9.46 Å². The van der Waals surface area contributed by atoms with E-state index in [0.717, 1.165) is 5.56 Å². The van der Waals surface area contributed by atoms with E-state index < -0.39 is 10.0 Å². The van der Waals surface area contributed by atoms with E-state index in [9.17, 15) is 8.42 Å². The van der Waals surface area contributed by atoms with E-state index in [2.05, 4.69) is 4.72 Å². The first-order valence-corrected chi connectivity index (χ1v) is 8.84. The number of thiophene rings is 1. The van der Waals surface area contributed by atoms with Crippen molar-refractivity contribution in [3.05, 3.63) is 41.3 Å². The Hall–Kier alpha value is -1.24. The first-order valence-electron chi connectivity index (χ1n) is 5.95. The molecular weight excluding hydrogens is 318 g/mol. The Morgan fingerprint density at radius 2 is 2.15 bits per heavy atom. The van der Waals surface area contributed by atoms with Crippen LogP contribution in [0.15, 0.2) is 39.9 Å². The maximum Gasteiger partial charge on any atom is 0.271 e. The van der Waals surface area contributed by atoms with Gasteiger partial charge in [0.2, 0.25) is 0 Å². The van der Waals surface area contributed by atoms with Gasteiger partial charge in [0.15, 0.2) is 0 Å². The summed E-state index contributed by atoms with van der Waals surface area (Å²) in [4.78, 5) is 0. The molecule has 0 radical (unpaired) electrons. The summed E-state index contributed by atoms with van der Waals surface area (Å²) >= 11 is 7.02. The lowest BCUT2D eigenvalue weighted by Gasteiger charge is -2.11. The number of hydrogen-bond donors (Lipinski definition) is 1. The van der Waals surface area contributed by atoms with Crippen molar-refractivity contribution in [1.29, 1.82) is 0 Å². The van der Waals surface area contributed by atoms with Gasteiger partial charge in [-0.3, -0.25) is 4.72 Å². The Morgan fingerprint density at radius 3 is 2.75 bits per heavy atom. The third kappa shape index (κ3) is 3.45. The second-order valence-corrected chi connectivity index (χ2v) is 7.05. The van der Waals surface area contributed by atoms with Gasteiger partial charge in [0.1, 0.15) is 9.96 Å². The van der Waals surface area contributed by atoms with E-state index >= 15 is 0 Å². The van der Waals surface area contributed by atoms with E-state index in [4.69, 9.17) is 16.3 Å². The van der Waals surface area contributed by atoms with Crippen LogP contribution >= 0.6 is 22.9 Å². The molecule has 0 aliphatic heterocycles. The summed E-state index contributed by atoms with van der Waals surface area (Å²) in [6, 6.07) is 8.31. The van der Waals surface area contributed by atoms with Crippen LogP contribution in [0.25, 0.3) is 0 Å². The lowest BCUT2D eigenvalue weighted by molar-refractivity contribution is 0.337. The molecule has 0 fully saturated rings. The van der Waals surface area contributed by atoms with Gasteiger partial charge in [-0.2, -0.15) is 0 Å². The number of anilines is 1. The second-order valence-electron chi connectivity index (χ2n) is 3.93. The molecule has 7 heteroatoms. The summed E-state index contributed by atoms with van der Waals surface area (Å²) in [5, 5.41) is 1.72. The fourth-order valence-electron chi connectivity index (χ4n) is 1.67. The highest BCUT2D eigenvalue weighted by Crippen LogP contribution is 2.27. The number of benzene rings is 1. The third-order valence-electron chi connectivity index (χ3n) is 2.52. The van der Waals surface area contributed by atoms with Crippen molar-refractivity contribution in [3.8, 4) is 5.75 Å². The molecule has 1 heterocycles. The average molecular weight is 332 g/mol. The van der Waals surface area contributed by atoms with Crippen molar-refractivity contribution in [2.45, 2.75) is 17.0 Å². The Morgan fingerprint density at radius 1 is 1.35 bits per heavy atom. The molecule has 2 aromatic rings. The monoisotopic (exact) mass is 331 g/mol. The van der Waals surface area contributed by atoms with Crippen LogP contribution in [0, 0.1) is 0 Å². The second kappa shape index (κ2) is 6.47. The van der Waals surface area contributed by atoms with Gasteiger partial charge in [0.05, 0.1) is 12.5 Å². The van der Waals surface area contributed by atoms with Crippen LogP contribution in [-0.2, 0) is 15.9 Å². The molecule has 0 bridgehead atoms. The van der Waals surface area contributed by atoms with Crippen molar-refractivity contribution in [2.75, 3.05) is 11.3 Å². The molecule has 0 spiro atoms. The molecule has 0 amide bonds. The Balaban J connectivity index is 2.26. The van der Waals surface area contributed by atoms with E-state index in [1.807, 2.05) is 6.92 Å². The normalized spacial score (nSPS) is 11.3. The zero-order valence-corrected chi connectivity index (χ0v) is 13.2. The molecule has 0 saturated carbocycles. The van der Waals surface area contributed by atoms with Crippen molar-refractivity contribution in [2.24, 2.45) is 0 Å². The fraction of sp³-hybridized carbons (Fsp3) is 0.231. The van der Waals surface area contributed by atoms with Crippen LogP contribution in [0.3, 0.4) is 0 Å². The van der Waals surface area contributed by atoms with E-state index in [1.54, 1.807) is 35.7 Å². The number of rotatable bonds is 6. The molecule has 0 atom stereocenters. The van der Waals surface area contributed by atoms with Gasteiger partial charge in [-0.05, 0) is 36.6 Å². The Bertz CT molecular complexity index is 669. The molecule has 1 aromatic heterocycles. The van der Waals surface area contributed by atoms with E-state index in [0.29, 0.717) is 18.0 Å². The summed E-state index contributed by atoms with van der Waals surface area (Å²) in [5.74, 6) is 0.922. The number of ether oxygens (including phenoxy) is 1. The van der Waals surface area contributed by atoms with Gasteiger partial charge in [0, 0.05) is 11.3 Å². The number of hydrogen-bond acceptors (Lipinski definition) is 4. The molecule has 108 valence electrons. The Labute approximate surface area is 127 Å². The molecule has 20 heavy (non-hydrogen) atoms. The smallest absolute Gasteiger partial charge is 0.271 e. The predicted octanol–water partition coefficient (Wildman–Crippen LogP) is 3.69. The predicted molar refractivity (Wildman–Crippen MR) is 82.3 cm³/mol. The summed E-state index contributed by atoms with van der Waals surface area (Å²) in [6.07, 6.45) is 0. The molecule has 0 unspecified atom stereocenters. The fourth-order valence-corrected chi connectivity index (χ4v) is 3.92. The van der Waals surface area contributed by atoms with Crippen molar-refractivity contribution in [1.82, 2.24) is 0 Å². The summed E-state index contributed by atoms with van der Waals surface area (Å²) < 4.78 is 32.5. The third-order valence-corrected chi connectivity index (χ3v) is 5.58. The Kier molecular flexibility index (Phi) is 4.91. The number of halogens is 1. The standard InChI is InChI=1S/C13H14ClNO3S2/c1-2-18-12-6-5-11(8-10(12)9-14)15-20(16,17)13-4-3-7-19-13/h3-8,15H,2,9H2,1H3. The van der Waals surface area contributed by atoms with Crippen LogP contribution in [0.1, 0.15) is 12.5 Å².